The zero-order valence-electron chi connectivity index (χ0n) is 30.3. The molecule has 1 nitrogen and oxygen atoms in total. The Kier molecular flexibility index (Phi) is 8.24. The number of hydrogen-bond acceptors (Lipinski definition) is 1. The van der Waals surface area contributed by atoms with Crippen LogP contribution in [0.25, 0.3) is 76.8 Å². The molecule has 0 fully saturated rings. The van der Waals surface area contributed by atoms with Crippen LogP contribution in [0.1, 0.15) is 0 Å². The second-order valence-corrected chi connectivity index (χ2v) is 14.1. The first-order valence-corrected chi connectivity index (χ1v) is 18.9. The molecule has 0 unspecified atom stereocenters. The van der Waals surface area contributed by atoms with Crippen molar-refractivity contribution in [3.05, 3.63) is 224 Å². The maximum atomic E-state index is 2.46. The molecule has 0 aromatic heterocycles. The third kappa shape index (κ3) is 6.02. The van der Waals surface area contributed by atoms with Crippen molar-refractivity contribution in [2.75, 3.05) is 4.90 Å². The third-order valence-corrected chi connectivity index (χ3v) is 10.8. The largest absolute Gasteiger partial charge is 0.310 e. The fraction of sp³-hybridized carbons (Fsp3) is 0. The van der Waals surface area contributed by atoms with Gasteiger partial charge >= 0.3 is 0 Å². The highest BCUT2D eigenvalue weighted by Gasteiger charge is 2.23. The van der Waals surface area contributed by atoms with Crippen molar-refractivity contribution < 1.29 is 0 Å². The van der Waals surface area contributed by atoms with E-state index in [0.29, 0.717) is 0 Å². The summed E-state index contributed by atoms with van der Waals surface area (Å²) in [5, 5.41) is 7.45. The van der Waals surface area contributed by atoms with E-state index in [0.717, 1.165) is 17.1 Å². The van der Waals surface area contributed by atoms with E-state index >= 15 is 0 Å². The molecule has 10 aromatic rings. The van der Waals surface area contributed by atoms with Crippen LogP contribution in [0.2, 0.25) is 0 Å². The Balaban J connectivity index is 1.25. The number of hydrogen-bond donors (Lipinski definition) is 0. The molecule has 0 radical (unpaired) electrons. The molecule has 0 heterocycles. The van der Waals surface area contributed by atoms with Gasteiger partial charge in [-0.25, -0.2) is 0 Å². The summed E-state index contributed by atoms with van der Waals surface area (Å²) in [4.78, 5) is 2.46. The van der Waals surface area contributed by atoms with Crippen molar-refractivity contribution in [3.63, 3.8) is 0 Å². The monoisotopic (exact) mass is 699 g/mol. The first kappa shape index (κ1) is 32.4. The number of nitrogens with zero attached hydrogens (tertiary/aromatic N) is 1. The van der Waals surface area contributed by atoms with E-state index in [-0.39, 0.29) is 0 Å². The van der Waals surface area contributed by atoms with Gasteiger partial charge in [-0.2, -0.15) is 0 Å². The SMILES string of the molecule is c1ccc(-c2ccccc2-c2c(-c3ccccc3)cccc2N(c2cccc(-c3ccc4ccccc4c3)c2)c2ccc3c(ccc4ccccc43)c2)cc1. The molecule has 0 atom stereocenters. The van der Waals surface area contributed by atoms with Crippen LogP contribution in [0, 0.1) is 0 Å². The van der Waals surface area contributed by atoms with Gasteiger partial charge in [0.1, 0.15) is 0 Å². The van der Waals surface area contributed by atoms with Gasteiger partial charge < -0.3 is 4.90 Å². The number of benzene rings is 10. The summed E-state index contributed by atoms with van der Waals surface area (Å²) in [5.74, 6) is 0. The van der Waals surface area contributed by atoms with Crippen molar-refractivity contribution in [3.8, 4) is 44.5 Å². The summed E-state index contributed by atoms with van der Waals surface area (Å²) in [6.07, 6.45) is 0. The Labute approximate surface area is 322 Å². The lowest BCUT2D eigenvalue weighted by Gasteiger charge is -2.30. The highest BCUT2D eigenvalue weighted by Crippen LogP contribution is 2.49. The van der Waals surface area contributed by atoms with Gasteiger partial charge in [-0.15, -0.1) is 0 Å². The molecule has 0 bridgehead atoms. The van der Waals surface area contributed by atoms with E-state index < -0.39 is 0 Å². The Morgan fingerprint density at radius 1 is 0.255 bits per heavy atom. The maximum absolute atomic E-state index is 2.46. The molecule has 10 rings (SSSR count). The predicted molar refractivity (Wildman–Crippen MR) is 235 cm³/mol. The van der Waals surface area contributed by atoms with Gasteiger partial charge in [0.25, 0.3) is 0 Å². The number of rotatable bonds is 7. The van der Waals surface area contributed by atoms with Crippen LogP contribution in [-0.2, 0) is 0 Å². The lowest BCUT2D eigenvalue weighted by molar-refractivity contribution is 1.29. The van der Waals surface area contributed by atoms with Crippen LogP contribution < -0.4 is 4.90 Å². The molecule has 0 saturated carbocycles. The molecule has 10 aromatic carbocycles. The minimum absolute atomic E-state index is 1.09. The normalized spacial score (nSPS) is 11.3. The Bertz CT molecular complexity index is 2980. The van der Waals surface area contributed by atoms with Gasteiger partial charge in [-0.3, -0.25) is 0 Å². The molecule has 55 heavy (non-hydrogen) atoms. The van der Waals surface area contributed by atoms with Gasteiger partial charge in [0, 0.05) is 16.9 Å². The summed E-state index contributed by atoms with van der Waals surface area (Å²) >= 11 is 0. The quantitative estimate of drug-likeness (QED) is 0.150. The smallest absolute Gasteiger partial charge is 0.0546 e. The first-order chi connectivity index (χ1) is 27.3. The Morgan fingerprint density at radius 3 is 1.62 bits per heavy atom. The van der Waals surface area contributed by atoms with E-state index in [1.807, 2.05) is 0 Å². The standard InChI is InChI=1S/C54H37N/c1-3-16-39(17-4-1)49-25-11-12-26-52(49)54-51(40-18-5-2-6-19-40)27-14-28-53(54)55(47-33-34-50-45(37-47)32-30-41-20-9-10-24-48(41)50)46-23-13-22-43(36-46)44-31-29-38-15-7-8-21-42(38)35-44/h1-37H. The van der Waals surface area contributed by atoms with E-state index in [2.05, 4.69) is 229 Å². The highest BCUT2D eigenvalue weighted by molar-refractivity contribution is 6.09. The second kappa shape index (κ2) is 14.0. The Hall–Kier alpha value is -7.22. The van der Waals surface area contributed by atoms with Crippen molar-refractivity contribution in [1.82, 2.24) is 0 Å². The van der Waals surface area contributed by atoms with Crippen molar-refractivity contribution in [2.24, 2.45) is 0 Å². The molecule has 258 valence electrons. The van der Waals surface area contributed by atoms with E-state index in [4.69, 9.17) is 0 Å². The fourth-order valence-electron chi connectivity index (χ4n) is 8.20. The van der Waals surface area contributed by atoms with Gasteiger partial charge in [0.2, 0.25) is 0 Å². The molecular formula is C54H37N. The summed E-state index contributed by atoms with van der Waals surface area (Å²) in [7, 11) is 0. The van der Waals surface area contributed by atoms with Crippen molar-refractivity contribution in [2.45, 2.75) is 0 Å². The Morgan fingerprint density at radius 2 is 0.800 bits per heavy atom. The fourth-order valence-corrected chi connectivity index (χ4v) is 8.20. The van der Waals surface area contributed by atoms with Crippen molar-refractivity contribution in [1.29, 1.82) is 0 Å². The summed E-state index contributed by atoms with van der Waals surface area (Å²) in [6.45, 7) is 0. The van der Waals surface area contributed by atoms with Gasteiger partial charge in [-0.1, -0.05) is 188 Å². The predicted octanol–water partition coefficient (Wildman–Crippen LogP) is 15.3. The van der Waals surface area contributed by atoms with Crippen LogP contribution >= 0.6 is 0 Å². The lowest BCUT2D eigenvalue weighted by Crippen LogP contribution is -2.12. The molecule has 0 aliphatic carbocycles. The van der Waals surface area contributed by atoms with Gasteiger partial charge in [-0.05, 0) is 108 Å². The number of anilines is 3. The minimum Gasteiger partial charge on any atom is -0.310 e. The maximum Gasteiger partial charge on any atom is 0.0546 e. The molecule has 0 aliphatic heterocycles. The molecular weight excluding hydrogens is 663 g/mol. The zero-order chi connectivity index (χ0) is 36.6. The van der Waals surface area contributed by atoms with Crippen LogP contribution in [-0.4, -0.2) is 0 Å². The molecule has 0 N–H and O–H groups in total. The second-order valence-electron chi connectivity index (χ2n) is 14.1. The first-order valence-electron chi connectivity index (χ1n) is 18.9. The van der Waals surface area contributed by atoms with Crippen LogP contribution in [0.5, 0.6) is 0 Å². The van der Waals surface area contributed by atoms with Crippen LogP contribution in [0.4, 0.5) is 17.1 Å². The zero-order valence-corrected chi connectivity index (χ0v) is 30.3. The van der Waals surface area contributed by atoms with Gasteiger partial charge in [0.15, 0.2) is 0 Å². The summed E-state index contributed by atoms with van der Waals surface area (Å²) in [5.41, 5.74) is 12.8. The molecule has 0 saturated heterocycles. The topological polar surface area (TPSA) is 3.24 Å². The molecule has 0 aliphatic rings. The lowest BCUT2D eigenvalue weighted by atomic mass is 9.87. The molecule has 1 heteroatoms. The average Bonchev–Trinajstić information content (AvgIpc) is 3.27. The highest BCUT2D eigenvalue weighted by atomic mass is 15.1. The van der Waals surface area contributed by atoms with E-state index in [1.165, 1.54) is 76.8 Å². The molecule has 0 spiro atoms. The van der Waals surface area contributed by atoms with E-state index in [1.54, 1.807) is 0 Å². The minimum atomic E-state index is 1.09. The number of fused-ring (bicyclic) bond motifs is 4. The average molecular weight is 700 g/mol. The van der Waals surface area contributed by atoms with E-state index in [9.17, 15) is 0 Å². The van der Waals surface area contributed by atoms with Crippen LogP contribution in [0.3, 0.4) is 0 Å². The van der Waals surface area contributed by atoms with Crippen LogP contribution in [0.15, 0.2) is 224 Å². The molecule has 0 amide bonds. The third-order valence-electron chi connectivity index (χ3n) is 10.8. The van der Waals surface area contributed by atoms with Gasteiger partial charge in [0.05, 0.1) is 5.69 Å². The van der Waals surface area contributed by atoms with Crippen molar-refractivity contribution >= 4 is 49.4 Å². The summed E-state index contributed by atoms with van der Waals surface area (Å²) in [6, 6.07) is 81.6. The summed E-state index contributed by atoms with van der Waals surface area (Å²) < 4.78 is 0.